The number of pyridine rings is 1. The summed E-state index contributed by atoms with van der Waals surface area (Å²) < 4.78 is 7.55. The zero-order valence-electron chi connectivity index (χ0n) is 17.1. The zero-order valence-corrected chi connectivity index (χ0v) is 18.6. The van der Waals surface area contributed by atoms with E-state index < -0.39 is 11.9 Å². The summed E-state index contributed by atoms with van der Waals surface area (Å²) in [5, 5.41) is 1.76. The number of benzene rings is 2. The molecule has 3 heterocycles. The molecule has 0 aliphatic carbocycles. The Morgan fingerprint density at radius 3 is 2.52 bits per heavy atom. The Morgan fingerprint density at radius 1 is 1.10 bits per heavy atom. The van der Waals surface area contributed by atoms with Gasteiger partial charge in [0.25, 0.3) is 0 Å². The molecule has 5 rings (SSSR count). The molecule has 2 aliphatic heterocycles. The SMILES string of the molecule is CCOC(=O)C1=C(C)N2CCn3c2c(c(=O)c2ccc(Cl)cc23)C1c1ccc(Cl)cc1. The van der Waals surface area contributed by atoms with Crippen molar-refractivity contribution in [3.8, 4) is 0 Å². The van der Waals surface area contributed by atoms with E-state index in [0.717, 1.165) is 22.6 Å². The van der Waals surface area contributed by atoms with Crippen LogP contribution in [0.5, 0.6) is 0 Å². The van der Waals surface area contributed by atoms with Crippen molar-refractivity contribution in [3.63, 3.8) is 0 Å². The molecule has 158 valence electrons. The maximum absolute atomic E-state index is 13.8. The molecule has 0 radical (unpaired) electrons. The Labute approximate surface area is 189 Å². The summed E-state index contributed by atoms with van der Waals surface area (Å²) in [6.45, 7) is 5.32. The van der Waals surface area contributed by atoms with E-state index in [-0.39, 0.29) is 12.0 Å². The van der Waals surface area contributed by atoms with E-state index in [4.69, 9.17) is 27.9 Å². The second-order valence-corrected chi connectivity index (χ2v) is 8.61. The van der Waals surface area contributed by atoms with Crippen molar-refractivity contribution in [1.82, 2.24) is 4.57 Å². The van der Waals surface area contributed by atoms with Crippen molar-refractivity contribution in [2.45, 2.75) is 26.3 Å². The smallest absolute Gasteiger partial charge is 0.336 e. The predicted molar refractivity (Wildman–Crippen MR) is 123 cm³/mol. The maximum atomic E-state index is 13.8. The number of aromatic nitrogens is 1. The second kappa shape index (κ2) is 7.43. The number of anilines is 1. The third kappa shape index (κ3) is 2.99. The second-order valence-electron chi connectivity index (χ2n) is 7.74. The summed E-state index contributed by atoms with van der Waals surface area (Å²) in [4.78, 5) is 29.0. The Bertz CT molecular complexity index is 1330. The minimum atomic E-state index is -0.542. The molecule has 7 heteroatoms. The molecule has 0 bridgehead atoms. The zero-order chi connectivity index (χ0) is 21.9. The number of nitrogens with zero attached hydrogens (tertiary/aromatic N) is 2. The summed E-state index contributed by atoms with van der Waals surface area (Å²) in [5.74, 6) is -0.121. The molecule has 31 heavy (non-hydrogen) atoms. The fourth-order valence-electron chi connectivity index (χ4n) is 4.80. The van der Waals surface area contributed by atoms with Gasteiger partial charge in [-0.3, -0.25) is 4.79 Å². The van der Waals surface area contributed by atoms with Gasteiger partial charge in [0.15, 0.2) is 5.43 Å². The van der Waals surface area contributed by atoms with Crippen LogP contribution >= 0.6 is 23.2 Å². The molecule has 0 N–H and O–H groups in total. The van der Waals surface area contributed by atoms with Gasteiger partial charge in [0.1, 0.15) is 5.82 Å². The number of ether oxygens (including phenoxy) is 1. The monoisotopic (exact) mass is 454 g/mol. The van der Waals surface area contributed by atoms with Gasteiger partial charge >= 0.3 is 5.97 Å². The van der Waals surface area contributed by atoms with Crippen LogP contribution in [0.2, 0.25) is 10.0 Å². The van der Waals surface area contributed by atoms with Crippen molar-refractivity contribution < 1.29 is 9.53 Å². The van der Waals surface area contributed by atoms with Crippen molar-refractivity contribution in [2.75, 3.05) is 18.1 Å². The lowest BCUT2D eigenvalue weighted by Gasteiger charge is -2.34. The van der Waals surface area contributed by atoms with E-state index in [1.54, 1.807) is 31.2 Å². The average molecular weight is 455 g/mol. The molecule has 2 aliphatic rings. The molecule has 1 aromatic heterocycles. The molecule has 5 nitrogen and oxygen atoms in total. The number of carbonyl (C=O) groups excluding carboxylic acids is 1. The van der Waals surface area contributed by atoms with Crippen LogP contribution in [0.1, 0.15) is 30.9 Å². The van der Waals surface area contributed by atoms with Gasteiger partial charge in [0, 0.05) is 34.2 Å². The maximum Gasteiger partial charge on any atom is 0.336 e. The number of rotatable bonds is 3. The largest absolute Gasteiger partial charge is 0.463 e. The van der Waals surface area contributed by atoms with Crippen LogP contribution in [-0.2, 0) is 16.1 Å². The summed E-state index contributed by atoms with van der Waals surface area (Å²) in [6.07, 6.45) is 0. The van der Waals surface area contributed by atoms with E-state index in [1.165, 1.54) is 0 Å². The molecule has 0 spiro atoms. The Morgan fingerprint density at radius 2 is 1.81 bits per heavy atom. The first kappa shape index (κ1) is 20.2. The quantitative estimate of drug-likeness (QED) is 0.515. The number of halogens is 2. The van der Waals surface area contributed by atoms with Gasteiger partial charge in [-0.05, 0) is 49.7 Å². The number of fused-ring (bicyclic) bond motifs is 2. The van der Waals surface area contributed by atoms with E-state index in [0.29, 0.717) is 39.7 Å². The number of hydrogen-bond acceptors (Lipinski definition) is 4. The van der Waals surface area contributed by atoms with E-state index in [9.17, 15) is 9.59 Å². The molecular formula is C24H20Cl2N2O3. The van der Waals surface area contributed by atoms with Crippen molar-refractivity contribution in [2.24, 2.45) is 0 Å². The number of esters is 1. The van der Waals surface area contributed by atoms with Gasteiger partial charge in [0.2, 0.25) is 0 Å². The minimum Gasteiger partial charge on any atom is -0.463 e. The van der Waals surface area contributed by atoms with Gasteiger partial charge in [-0.25, -0.2) is 4.79 Å². The van der Waals surface area contributed by atoms with Gasteiger partial charge in [-0.2, -0.15) is 0 Å². The molecule has 0 saturated carbocycles. The van der Waals surface area contributed by atoms with Crippen molar-refractivity contribution in [1.29, 1.82) is 0 Å². The minimum absolute atomic E-state index is 0.0981. The highest BCUT2D eigenvalue weighted by Gasteiger charge is 2.42. The summed E-state index contributed by atoms with van der Waals surface area (Å²) >= 11 is 12.4. The highest BCUT2D eigenvalue weighted by molar-refractivity contribution is 6.31. The topological polar surface area (TPSA) is 51.5 Å². The highest BCUT2D eigenvalue weighted by Crippen LogP contribution is 2.46. The number of hydrogen-bond donors (Lipinski definition) is 0. The van der Waals surface area contributed by atoms with Crippen LogP contribution in [0.4, 0.5) is 5.82 Å². The summed E-state index contributed by atoms with van der Waals surface area (Å²) in [7, 11) is 0. The average Bonchev–Trinajstić information content (AvgIpc) is 3.19. The lowest BCUT2D eigenvalue weighted by molar-refractivity contribution is -0.138. The van der Waals surface area contributed by atoms with Crippen LogP contribution < -0.4 is 10.3 Å². The highest BCUT2D eigenvalue weighted by atomic mass is 35.5. The fourth-order valence-corrected chi connectivity index (χ4v) is 5.09. The lowest BCUT2D eigenvalue weighted by atomic mass is 9.80. The number of carbonyl (C=O) groups is 1. The van der Waals surface area contributed by atoms with Crippen molar-refractivity contribution >= 4 is 45.9 Å². The van der Waals surface area contributed by atoms with E-state index >= 15 is 0 Å². The lowest BCUT2D eigenvalue weighted by Crippen LogP contribution is -2.35. The van der Waals surface area contributed by atoms with E-state index in [2.05, 4.69) is 9.47 Å². The molecule has 0 fully saturated rings. The van der Waals surface area contributed by atoms with Gasteiger partial charge < -0.3 is 14.2 Å². The molecule has 2 aromatic carbocycles. The third-order valence-electron chi connectivity index (χ3n) is 6.11. The molecule has 1 atom stereocenters. The number of allylic oxidation sites excluding steroid dienone is 1. The molecule has 1 unspecified atom stereocenters. The van der Waals surface area contributed by atoms with Gasteiger partial charge in [-0.1, -0.05) is 35.3 Å². The van der Waals surface area contributed by atoms with Crippen molar-refractivity contribution in [3.05, 3.63) is 85.1 Å². The first-order chi connectivity index (χ1) is 14.9. The Balaban J connectivity index is 1.88. The molecule has 3 aromatic rings. The Hall–Kier alpha value is -2.76. The first-order valence-electron chi connectivity index (χ1n) is 10.2. The van der Waals surface area contributed by atoms with Crippen LogP contribution in [0, 0.1) is 0 Å². The van der Waals surface area contributed by atoms with Crippen LogP contribution in [0.25, 0.3) is 10.9 Å². The van der Waals surface area contributed by atoms with Crippen LogP contribution in [0.15, 0.2) is 58.5 Å². The molecular weight excluding hydrogens is 435 g/mol. The van der Waals surface area contributed by atoms with Crippen LogP contribution in [-0.4, -0.2) is 23.7 Å². The third-order valence-corrected chi connectivity index (χ3v) is 6.60. The van der Waals surface area contributed by atoms with Gasteiger partial charge in [-0.15, -0.1) is 0 Å². The molecule has 0 amide bonds. The summed E-state index contributed by atoms with van der Waals surface area (Å²) in [6, 6.07) is 12.6. The molecule has 0 saturated heterocycles. The predicted octanol–water partition coefficient (Wildman–Crippen LogP) is 5.11. The van der Waals surface area contributed by atoms with Gasteiger partial charge in [0.05, 0.1) is 29.2 Å². The van der Waals surface area contributed by atoms with E-state index in [1.807, 2.05) is 25.1 Å². The normalized spacial score (nSPS) is 17.3. The Kier molecular flexibility index (Phi) is 4.83. The summed E-state index contributed by atoms with van der Waals surface area (Å²) in [5.41, 5.74) is 3.42. The standard InChI is InChI=1S/C24H20Cl2N2O3/c1-3-31-24(30)19-13(2)27-10-11-28-18-12-16(26)8-9-17(18)22(29)21(23(27)28)20(19)14-4-6-15(25)7-5-14/h4-9,12,20H,3,10-11H2,1-2H3. The fraction of sp³-hybridized carbons (Fsp3) is 0.250. The van der Waals surface area contributed by atoms with Crippen LogP contribution in [0.3, 0.4) is 0 Å². The first-order valence-corrected chi connectivity index (χ1v) is 10.9.